The molecule has 0 fully saturated rings. The maximum Gasteiger partial charge on any atom is 0.235 e. The van der Waals surface area contributed by atoms with E-state index >= 15 is 0 Å². The monoisotopic (exact) mass is 880 g/mol. The van der Waals surface area contributed by atoms with Gasteiger partial charge in [0.2, 0.25) is 35.7 Å². The summed E-state index contributed by atoms with van der Waals surface area (Å²) in [4.78, 5) is 39.8. The third-order valence-electron chi connectivity index (χ3n) is 10.2. The van der Waals surface area contributed by atoms with Crippen LogP contribution in [0.15, 0.2) is 36.4 Å². The van der Waals surface area contributed by atoms with Crippen LogP contribution in [0.3, 0.4) is 0 Å². The van der Waals surface area contributed by atoms with E-state index in [0.717, 1.165) is 33.8 Å². The van der Waals surface area contributed by atoms with E-state index in [9.17, 15) is 0 Å². The van der Waals surface area contributed by atoms with Gasteiger partial charge in [-0.1, -0.05) is 26.0 Å². The zero-order chi connectivity index (χ0) is 44.9. The largest absolute Gasteiger partial charge is 0.473 e. The van der Waals surface area contributed by atoms with Crippen LogP contribution in [0.2, 0.25) is 0 Å². The lowest BCUT2D eigenvalue weighted by Crippen LogP contribution is -2.37. The summed E-state index contributed by atoms with van der Waals surface area (Å²) in [7, 11) is 12.8. The van der Waals surface area contributed by atoms with Crippen molar-refractivity contribution in [2.45, 2.75) is 32.4 Å². The van der Waals surface area contributed by atoms with Crippen LogP contribution in [-0.2, 0) is 56.4 Å². The van der Waals surface area contributed by atoms with E-state index in [4.69, 9.17) is 77.3 Å². The van der Waals surface area contributed by atoms with Crippen LogP contribution in [-0.4, -0.2) is 154 Å². The number of aromatic nitrogens is 6. The Hall–Kier alpha value is -5.46. The highest BCUT2D eigenvalue weighted by Gasteiger charge is 2.31. The van der Waals surface area contributed by atoms with Gasteiger partial charge in [-0.05, 0) is 35.4 Å². The van der Waals surface area contributed by atoms with Gasteiger partial charge in [0, 0.05) is 73.4 Å². The van der Waals surface area contributed by atoms with E-state index in [2.05, 4.69) is 38.1 Å². The minimum Gasteiger partial charge on any atom is -0.473 e. The average Bonchev–Trinajstić information content (AvgIpc) is 3.30. The van der Waals surface area contributed by atoms with Crippen LogP contribution in [0.5, 0.6) is 11.5 Å². The molecule has 2 aliphatic heterocycles. The maximum absolute atomic E-state index is 6.31. The number of fused-ring (bicyclic) bond motifs is 2. The summed E-state index contributed by atoms with van der Waals surface area (Å²) >= 11 is 0. The molecule has 2 aromatic carbocycles. The zero-order valence-electron chi connectivity index (χ0n) is 37.9. The van der Waals surface area contributed by atoms with Gasteiger partial charge in [-0.3, -0.25) is 19.6 Å². The summed E-state index contributed by atoms with van der Waals surface area (Å²) < 4.78 is 56.1. The van der Waals surface area contributed by atoms with Crippen LogP contribution in [0.1, 0.15) is 36.1 Å². The first-order valence-corrected chi connectivity index (χ1v) is 20.1. The Morgan fingerprint density at radius 3 is 1.02 bits per heavy atom. The zero-order valence-corrected chi connectivity index (χ0v) is 37.9. The third kappa shape index (κ3) is 11.2. The van der Waals surface area contributed by atoms with Gasteiger partial charge in [0.15, 0.2) is 13.5 Å². The van der Waals surface area contributed by atoms with Gasteiger partial charge in [0.1, 0.15) is 65.3 Å². The molecule has 0 atom stereocenters. The van der Waals surface area contributed by atoms with E-state index < -0.39 is 5.41 Å². The highest BCUT2D eigenvalue weighted by atomic mass is 16.5. The van der Waals surface area contributed by atoms with E-state index in [-0.39, 0.29) is 67.3 Å². The molecule has 0 aliphatic carbocycles. The first-order valence-electron chi connectivity index (χ1n) is 20.1. The summed E-state index contributed by atoms with van der Waals surface area (Å²) in [5.41, 5.74) is 3.71. The maximum atomic E-state index is 6.31. The van der Waals surface area contributed by atoms with E-state index in [1.54, 1.807) is 76.5 Å². The van der Waals surface area contributed by atoms with Crippen LogP contribution in [0.4, 0.5) is 35.7 Å². The Morgan fingerprint density at radius 1 is 0.460 bits per heavy atom. The third-order valence-corrected chi connectivity index (χ3v) is 10.2. The van der Waals surface area contributed by atoms with Crippen molar-refractivity contribution in [2.75, 3.05) is 154 Å². The SMILES string of the molecule is COCN(COC)c1nc(N(COC)COC)nc(N2COc3ccc(C(C)(C)c4ccc5c(c4)CN(c4nc(N(COC)COC)nc(N(COC)COC)n4)CO5)cc3C2)n1. The van der Waals surface area contributed by atoms with Crippen LogP contribution in [0.25, 0.3) is 0 Å². The number of rotatable bonds is 24. The summed E-state index contributed by atoms with van der Waals surface area (Å²) in [6, 6.07) is 12.6. The number of methoxy groups -OCH3 is 8. The molecule has 4 heterocycles. The second-order valence-electron chi connectivity index (χ2n) is 15.2. The van der Waals surface area contributed by atoms with Crippen LogP contribution < -0.4 is 38.9 Å². The fourth-order valence-electron chi connectivity index (χ4n) is 7.08. The van der Waals surface area contributed by atoms with Gasteiger partial charge >= 0.3 is 0 Å². The molecule has 22 heteroatoms. The number of anilines is 6. The number of nitrogens with zero attached hydrogens (tertiary/aromatic N) is 12. The van der Waals surface area contributed by atoms with Gasteiger partial charge in [0.05, 0.1) is 13.1 Å². The Labute approximate surface area is 368 Å². The summed E-state index contributed by atoms with van der Waals surface area (Å²) in [5.74, 6) is 3.84. The number of ether oxygens (including phenoxy) is 10. The first-order chi connectivity index (χ1) is 30.6. The molecule has 0 saturated heterocycles. The molecular formula is C41H60N12O10. The molecule has 2 aromatic heterocycles. The van der Waals surface area contributed by atoms with Gasteiger partial charge < -0.3 is 57.2 Å². The van der Waals surface area contributed by atoms with Crippen molar-refractivity contribution in [3.8, 4) is 11.5 Å². The van der Waals surface area contributed by atoms with Gasteiger partial charge in [-0.25, -0.2) is 0 Å². The fourth-order valence-corrected chi connectivity index (χ4v) is 7.08. The molecule has 0 radical (unpaired) electrons. The number of hydrogen-bond acceptors (Lipinski definition) is 22. The van der Waals surface area contributed by atoms with Gasteiger partial charge in [-0.15, -0.1) is 0 Å². The molecule has 0 saturated carbocycles. The number of hydrogen-bond donors (Lipinski definition) is 0. The van der Waals surface area contributed by atoms with Crippen LogP contribution in [0, 0.1) is 0 Å². The van der Waals surface area contributed by atoms with Crippen molar-refractivity contribution in [2.24, 2.45) is 0 Å². The predicted octanol–water partition coefficient (Wildman–Crippen LogP) is 3.15. The second-order valence-corrected chi connectivity index (χ2v) is 15.2. The van der Waals surface area contributed by atoms with Crippen molar-refractivity contribution in [1.82, 2.24) is 29.9 Å². The Balaban J connectivity index is 1.29. The summed E-state index contributed by atoms with van der Waals surface area (Å²) in [6.45, 7) is 7.37. The molecule has 2 aliphatic rings. The molecule has 0 amide bonds. The first kappa shape index (κ1) is 47.0. The van der Waals surface area contributed by atoms with Crippen molar-refractivity contribution in [3.05, 3.63) is 58.7 Å². The molecule has 0 bridgehead atoms. The molecule has 6 rings (SSSR count). The Bertz CT molecular complexity index is 1850. The highest BCUT2D eigenvalue weighted by molar-refractivity contribution is 5.54. The van der Waals surface area contributed by atoms with Crippen molar-refractivity contribution in [3.63, 3.8) is 0 Å². The Morgan fingerprint density at radius 2 is 0.746 bits per heavy atom. The lowest BCUT2D eigenvalue weighted by Gasteiger charge is -2.34. The van der Waals surface area contributed by atoms with E-state index in [1.807, 2.05) is 21.9 Å². The number of benzene rings is 2. The second kappa shape index (κ2) is 22.2. The van der Waals surface area contributed by atoms with Crippen molar-refractivity contribution in [1.29, 1.82) is 0 Å². The van der Waals surface area contributed by atoms with Crippen molar-refractivity contribution < 1.29 is 47.4 Å². The molecular weight excluding hydrogens is 821 g/mol. The quantitative estimate of drug-likeness (QED) is 0.0933. The topological polar surface area (TPSA) is 189 Å². The molecule has 0 unspecified atom stereocenters. The molecule has 22 nitrogen and oxygen atoms in total. The molecule has 0 N–H and O–H groups in total. The van der Waals surface area contributed by atoms with Gasteiger partial charge in [0.25, 0.3) is 0 Å². The minimum atomic E-state index is -0.432. The van der Waals surface area contributed by atoms with Crippen molar-refractivity contribution >= 4 is 35.7 Å². The lowest BCUT2D eigenvalue weighted by atomic mass is 9.77. The Kier molecular flexibility index (Phi) is 16.6. The standard InChI is InChI=1S/C41H60N12O10/c1-41(2,31-11-13-33-29(15-31)17-48(27-62-33)35-42-37(50(19-54-3)20-55-4)46-38(43-35)51(21-56-5)22-57-6)32-12-14-34-30(16-32)18-49(28-63-34)36-44-39(52(23-58-7)24-59-8)47-40(45-36)53(25-60-9)26-61-10/h11-16H,17-28H2,1-10H3. The smallest absolute Gasteiger partial charge is 0.235 e. The summed E-state index contributed by atoms with van der Waals surface area (Å²) in [6.07, 6.45) is 0. The molecule has 4 aromatic rings. The average molecular weight is 881 g/mol. The van der Waals surface area contributed by atoms with E-state index in [0.29, 0.717) is 48.8 Å². The fraction of sp³-hybridized carbons (Fsp3) is 0.561. The minimum absolute atomic E-state index is 0.195. The molecule has 0 spiro atoms. The lowest BCUT2D eigenvalue weighted by molar-refractivity contribution is 0.136. The van der Waals surface area contributed by atoms with E-state index in [1.165, 1.54) is 0 Å². The summed E-state index contributed by atoms with van der Waals surface area (Å²) in [5, 5.41) is 0. The predicted molar refractivity (Wildman–Crippen MR) is 233 cm³/mol. The molecule has 344 valence electrons. The normalized spacial score (nSPS) is 13.6. The van der Waals surface area contributed by atoms with Crippen LogP contribution >= 0.6 is 0 Å². The van der Waals surface area contributed by atoms with Gasteiger partial charge in [-0.2, -0.15) is 29.9 Å². The molecule has 63 heavy (non-hydrogen) atoms. The highest BCUT2D eigenvalue weighted by Crippen LogP contribution is 2.39.